The van der Waals surface area contributed by atoms with Crippen molar-refractivity contribution in [2.75, 3.05) is 0 Å². The Balaban J connectivity index is 2.38. The lowest BCUT2D eigenvalue weighted by Crippen LogP contribution is -2.49. The summed E-state index contributed by atoms with van der Waals surface area (Å²) in [6.45, 7) is 4.70. The van der Waals surface area contributed by atoms with Crippen LogP contribution in [0.5, 0.6) is 0 Å². The Morgan fingerprint density at radius 3 is 2.00 bits per heavy atom. The summed E-state index contributed by atoms with van der Waals surface area (Å²) in [4.78, 5) is 1.14. The van der Waals surface area contributed by atoms with Crippen molar-refractivity contribution in [2.24, 2.45) is 0 Å². The van der Waals surface area contributed by atoms with Crippen LogP contribution in [0.4, 0.5) is 0 Å². The standard InChI is InChI=1S/C17H22SSi/c1-3-19(4-2,16-11-6-5-7-12-16)14-15-10-8-9-13-17(15)18/h5-13,18H,3-4,14H2,1-2H3. The van der Waals surface area contributed by atoms with Crippen molar-refractivity contribution in [1.29, 1.82) is 0 Å². The van der Waals surface area contributed by atoms with Crippen LogP contribution in [0.2, 0.25) is 12.1 Å². The predicted octanol–water partition coefficient (Wildman–Crippen LogP) is 4.45. The molecule has 0 atom stereocenters. The minimum atomic E-state index is -1.44. The maximum atomic E-state index is 4.62. The van der Waals surface area contributed by atoms with Crippen LogP contribution in [0.3, 0.4) is 0 Å². The Labute approximate surface area is 123 Å². The highest BCUT2D eigenvalue weighted by atomic mass is 32.1. The van der Waals surface area contributed by atoms with Crippen LogP contribution in [-0.4, -0.2) is 8.07 Å². The van der Waals surface area contributed by atoms with Gasteiger partial charge in [0.15, 0.2) is 0 Å². The van der Waals surface area contributed by atoms with E-state index in [0.29, 0.717) is 0 Å². The van der Waals surface area contributed by atoms with E-state index >= 15 is 0 Å². The van der Waals surface area contributed by atoms with Gasteiger partial charge in [-0.3, -0.25) is 0 Å². The van der Waals surface area contributed by atoms with Crippen LogP contribution in [0.25, 0.3) is 0 Å². The lowest BCUT2D eigenvalue weighted by atomic mass is 10.2. The minimum absolute atomic E-state index is 1.14. The van der Waals surface area contributed by atoms with E-state index in [4.69, 9.17) is 0 Å². The number of thiol groups is 1. The Hall–Kier alpha value is -0.993. The third-order valence-electron chi connectivity index (χ3n) is 4.26. The first kappa shape index (κ1) is 14.4. The molecule has 0 saturated carbocycles. The highest BCUT2D eigenvalue weighted by Gasteiger charge is 2.31. The fourth-order valence-corrected chi connectivity index (χ4v) is 7.17. The van der Waals surface area contributed by atoms with Gasteiger partial charge in [-0.25, -0.2) is 0 Å². The molecule has 0 nitrogen and oxygen atoms in total. The molecule has 2 rings (SSSR count). The zero-order chi connectivity index (χ0) is 13.7. The van der Waals surface area contributed by atoms with Gasteiger partial charge in [0.25, 0.3) is 0 Å². The summed E-state index contributed by atoms with van der Waals surface area (Å²) in [7, 11) is -1.44. The maximum absolute atomic E-state index is 4.62. The van der Waals surface area contributed by atoms with E-state index in [1.165, 1.54) is 23.7 Å². The van der Waals surface area contributed by atoms with E-state index < -0.39 is 8.07 Å². The first-order valence-corrected chi connectivity index (χ1v) is 10.1. The first-order chi connectivity index (χ1) is 9.22. The van der Waals surface area contributed by atoms with Crippen LogP contribution in [0, 0.1) is 0 Å². The monoisotopic (exact) mass is 286 g/mol. The second-order valence-corrected chi connectivity index (χ2v) is 10.5. The molecule has 0 aliphatic heterocycles. The highest BCUT2D eigenvalue weighted by molar-refractivity contribution is 7.80. The molecule has 0 aromatic heterocycles. The van der Waals surface area contributed by atoms with Crippen LogP contribution >= 0.6 is 12.6 Å². The molecule has 0 saturated heterocycles. The van der Waals surface area contributed by atoms with Gasteiger partial charge in [-0.05, 0) is 17.7 Å². The van der Waals surface area contributed by atoms with Gasteiger partial charge < -0.3 is 0 Å². The van der Waals surface area contributed by atoms with E-state index in [9.17, 15) is 0 Å². The zero-order valence-corrected chi connectivity index (χ0v) is 13.7. The van der Waals surface area contributed by atoms with E-state index in [1.807, 2.05) is 0 Å². The average molecular weight is 287 g/mol. The topological polar surface area (TPSA) is 0 Å². The molecule has 0 N–H and O–H groups in total. The molecule has 0 heterocycles. The largest absolute Gasteiger partial charge is 0.143 e. The van der Waals surface area contributed by atoms with Gasteiger partial charge in [0.05, 0.1) is 8.07 Å². The summed E-state index contributed by atoms with van der Waals surface area (Å²) in [5.74, 6) is 0. The molecule has 0 spiro atoms. The van der Waals surface area contributed by atoms with Gasteiger partial charge in [-0.1, -0.05) is 79.7 Å². The normalized spacial score (nSPS) is 11.5. The molecule has 2 aromatic rings. The van der Waals surface area contributed by atoms with E-state index in [-0.39, 0.29) is 0 Å². The summed E-state index contributed by atoms with van der Waals surface area (Å²) in [5, 5.41) is 1.58. The smallest absolute Gasteiger partial charge is 0.0905 e. The molecule has 0 bridgehead atoms. The van der Waals surface area contributed by atoms with Crippen molar-refractivity contribution in [3.8, 4) is 0 Å². The summed E-state index contributed by atoms with van der Waals surface area (Å²) in [6.07, 6.45) is 0. The maximum Gasteiger partial charge on any atom is 0.0905 e. The van der Waals surface area contributed by atoms with Crippen molar-refractivity contribution in [3.63, 3.8) is 0 Å². The Morgan fingerprint density at radius 2 is 1.42 bits per heavy atom. The number of hydrogen-bond donors (Lipinski definition) is 1. The number of hydrogen-bond acceptors (Lipinski definition) is 1. The van der Waals surface area contributed by atoms with Gasteiger partial charge in [0.2, 0.25) is 0 Å². The molecule has 0 unspecified atom stereocenters. The molecular formula is C17H22SSi. The zero-order valence-electron chi connectivity index (χ0n) is 11.8. The lowest BCUT2D eigenvalue weighted by Gasteiger charge is -2.30. The van der Waals surface area contributed by atoms with Gasteiger partial charge in [-0.2, -0.15) is 0 Å². The summed E-state index contributed by atoms with van der Waals surface area (Å²) in [5.41, 5.74) is 1.41. The average Bonchev–Trinajstić information content (AvgIpc) is 2.48. The molecule has 0 radical (unpaired) electrons. The Bertz CT molecular complexity index is 518. The molecule has 2 aromatic carbocycles. The second-order valence-electron chi connectivity index (χ2n) is 5.16. The predicted molar refractivity (Wildman–Crippen MR) is 90.2 cm³/mol. The second kappa shape index (κ2) is 6.44. The van der Waals surface area contributed by atoms with Crippen LogP contribution < -0.4 is 5.19 Å². The third-order valence-corrected chi connectivity index (χ3v) is 10.0. The third kappa shape index (κ3) is 3.13. The van der Waals surface area contributed by atoms with Gasteiger partial charge in [0.1, 0.15) is 0 Å². The van der Waals surface area contributed by atoms with Gasteiger partial charge >= 0.3 is 0 Å². The van der Waals surface area contributed by atoms with Crippen molar-refractivity contribution in [1.82, 2.24) is 0 Å². The first-order valence-electron chi connectivity index (χ1n) is 7.04. The van der Waals surface area contributed by atoms with Crippen molar-refractivity contribution in [3.05, 3.63) is 60.2 Å². The summed E-state index contributed by atoms with van der Waals surface area (Å²) in [6, 6.07) is 23.4. The molecule has 0 amide bonds. The van der Waals surface area contributed by atoms with Gasteiger partial charge in [-0.15, -0.1) is 12.6 Å². The molecule has 0 aliphatic carbocycles. The highest BCUT2D eigenvalue weighted by Crippen LogP contribution is 2.24. The lowest BCUT2D eigenvalue weighted by molar-refractivity contribution is 1.14. The van der Waals surface area contributed by atoms with E-state index in [1.54, 1.807) is 5.19 Å². The number of benzene rings is 2. The molecule has 100 valence electrons. The molecule has 2 heteroatoms. The van der Waals surface area contributed by atoms with Crippen LogP contribution in [-0.2, 0) is 6.04 Å². The number of rotatable bonds is 5. The fourth-order valence-electron chi connectivity index (χ4n) is 2.83. The van der Waals surface area contributed by atoms with Crippen molar-refractivity contribution < 1.29 is 0 Å². The van der Waals surface area contributed by atoms with Crippen molar-refractivity contribution in [2.45, 2.75) is 36.9 Å². The van der Waals surface area contributed by atoms with Crippen LogP contribution in [0.1, 0.15) is 19.4 Å². The minimum Gasteiger partial charge on any atom is -0.143 e. The van der Waals surface area contributed by atoms with E-state index in [2.05, 4.69) is 81.1 Å². The molecule has 19 heavy (non-hydrogen) atoms. The molecular weight excluding hydrogens is 264 g/mol. The van der Waals surface area contributed by atoms with E-state index in [0.717, 1.165) is 4.90 Å². The Kier molecular flexibility index (Phi) is 4.89. The summed E-state index contributed by atoms with van der Waals surface area (Å²) < 4.78 is 0. The van der Waals surface area contributed by atoms with Crippen LogP contribution in [0.15, 0.2) is 59.5 Å². The molecule has 0 aliphatic rings. The quantitative estimate of drug-likeness (QED) is 0.609. The van der Waals surface area contributed by atoms with Crippen molar-refractivity contribution >= 4 is 25.9 Å². The molecule has 0 fully saturated rings. The Morgan fingerprint density at radius 1 is 0.842 bits per heavy atom. The summed E-state index contributed by atoms with van der Waals surface area (Å²) >= 11 is 4.62. The van der Waals surface area contributed by atoms with Gasteiger partial charge in [0, 0.05) is 4.90 Å². The SMILES string of the molecule is CC[Si](CC)(Cc1ccccc1S)c1ccccc1. The fraction of sp³-hybridized carbons (Fsp3) is 0.294.